The minimum atomic E-state index is -0.133. The van der Waals surface area contributed by atoms with Crippen molar-refractivity contribution in [2.24, 2.45) is 5.92 Å². The van der Waals surface area contributed by atoms with Gasteiger partial charge in [-0.1, -0.05) is 30.3 Å². The lowest BCUT2D eigenvalue weighted by atomic mass is 9.89. The second-order valence-electron chi connectivity index (χ2n) is 4.24. The van der Waals surface area contributed by atoms with Gasteiger partial charge in [-0.25, -0.2) is 0 Å². The summed E-state index contributed by atoms with van der Waals surface area (Å²) in [5.41, 5.74) is 0.713. The van der Waals surface area contributed by atoms with Crippen LogP contribution >= 0.6 is 0 Å². The SMILES string of the molecule is CN1CCC(C(=O)c2ccccc2)CC1=O. The summed E-state index contributed by atoms with van der Waals surface area (Å²) in [7, 11) is 1.78. The number of hydrogen-bond acceptors (Lipinski definition) is 2. The number of rotatable bonds is 2. The topological polar surface area (TPSA) is 37.4 Å². The maximum Gasteiger partial charge on any atom is 0.223 e. The Hall–Kier alpha value is -1.64. The van der Waals surface area contributed by atoms with E-state index in [1.54, 1.807) is 11.9 Å². The highest BCUT2D eigenvalue weighted by Crippen LogP contribution is 2.21. The lowest BCUT2D eigenvalue weighted by molar-refractivity contribution is -0.132. The largest absolute Gasteiger partial charge is 0.346 e. The van der Waals surface area contributed by atoms with E-state index in [1.165, 1.54) is 0 Å². The fraction of sp³-hybridized carbons (Fsp3) is 0.385. The summed E-state index contributed by atoms with van der Waals surface area (Å²) in [6.07, 6.45) is 1.13. The first-order valence-electron chi connectivity index (χ1n) is 5.51. The van der Waals surface area contributed by atoms with Gasteiger partial charge in [0, 0.05) is 31.5 Å². The molecule has 1 atom stereocenters. The van der Waals surface area contributed by atoms with E-state index in [4.69, 9.17) is 0 Å². The maximum atomic E-state index is 12.1. The lowest BCUT2D eigenvalue weighted by Gasteiger charge is -2.27. The van der Waals surface area contributed by atoms with Crippen LogP contribution in [-0.2, 0) is 4.79 Å². The number of amides is 1. The molecule has 1 aromatic carbocycles. The van der Waals surface area contributed by atoms with Gasteiger partial charge in [0.1, 0.15) is 0 Å². The van der Waals surface area contributed by atoms with Crippen molar-refractivity contribution in [3.05, 3.63) is 35.9 Å². The van der Waals surface area contributed by atoms with Crippen LogP contribution in [-0.4, -0.2) is 30.2 Å². The highest BCUT2D eigenvalue weighted by molar-refractivity contribution is 6.00. The quantitative estimate of drug-likeness (QED) is 0.707. The zero-order valence-corrected chi connectivity index (χ0v) is 9.35. The highest BCUT2D eigenvalue weighted by Gasteiger charge is 2.28. The van der Waals surface area contributed by atoms with Crippen LogP contribution in [0.5, 0.6) is 0 Å². The van der Waals surface area contributed by atoms with E-state index < -0.39 is 0 Å². The molecule has 0 spiro atoms. The molecule has 0 saturated carbocycles. The molecule has 84 valence electrons. The fourth-order valence-corrected chi connectivity index (χ4v) is 2.00. The summed E-state index contributed by atoms with van der Waals surface area (Å²) in [4.78, 5) is 25.3. The van der Waals surface area contributed by atoms with Crippen molar-refractivity contribution in [1.82, 2.24) is 4.90 Å². The van der Waals surface area contributed by atoms with Gasteiger partial charge in [-0.15, -0.1) is 0 Å². The smallest absolute Gasteiger partial charge is 0.223 e. The minimum Gasteiger partial charge on any atom is -0.346 e. The van der Waals surface area contributed by atoms with Crippen molar-refractivity contribution in [2.75, 3.05) is 13.6 Å². The summed E-state index contributed by atoms with van der Waals surface area (Å²) in [5.74, 6) is 0.0358. The zero-order valence-electron chi connectivity index (χ0n) is 9.35. The number of carbonyl (C=O) groups is 2. The molecule has 3 nitrogen and oxygen atoms in total. The Bertz CT molecular complexity index is 400. The lowest BCUT2D eigenvalue weighted by Crippen LogP contribution is -2.38. The number of Topliss-reactive ketones (excluding diaryl/α,β-unsaturated/α-hetero) is 1. The molecule has 0 N–H and O–H groups in total. The van der Waals surface area contributed by atoms with Gasteiger partial charge in [0.25, 0.3) is 0 Å². The van der Waals surface area contributed by atoms with Crippen molar-refractivity contribution in [1.29, 1.82) is 0 Å². The van der Waals surface area contributed by atoms with Gasteiger partial charge in [0.2, 0.25) is 5.91 Å². The molecular weight excluding hydrogens is 202 g/mol. The third-order valence-corrected chi connectivity index (χ3v) is 3.09. The first kappa shape index (κ1) is 10.9. The summed E-state index contributed by atoms with van der Waals surface area (Å²) in [6, 6.07) is 9.21. The molecular formula is C13H15NO2. The van der Waals surface area contributed by atoms with E-state index in [-0.39, 0.29) is 17.6 Å². The molecule has 1 aliphatic heterocycles. The molecule has 0 radical (unpaired) electrons. The van der Waals surface area contributed by atoms with Crippen LogP contribution in [0.15, 0.2) is 30.3 Å². The van der Waals surface area contributed by atoms with Crippen molar-refractivity contribution in [2.45, 2.75) is 12.8 Å². The molecule has 1 amide bonds. The number of hydrogen-bond donors (Lipinski definition) is 0. The van der Waals surface area contributed by atoms with E-state index in [0.29, 0.717) is 18.5 Å². The van der Waals surface area contributed by atoms with Crippen molar-refractivity contribution >= 4 is 11.7 Å². The Labute approximate surface area is 95.1 Å². The van der Waals surface area contributed by atoms with E-state index in [0.717, 1.165) is 6.42 Å². The second kappa shape index (κ2) is 4.47. The Morgan fingerprint density at radius 2 is 2.00 bits per heavy atom. The third kappa shape index (κ3) is 2.13. The van der Waals surface area contributed by atoms with Crippen LogP contribution in [0, 0.1) is 5.92 Å². The van der Waals surface area contributed by atoms with E-state index >= 15 is 0 Å². The number of nitrogens with zero attached hydrogens (tertiary/aromatic N) is 1. The molecule has 1 aromatic rings. The Balaban J connectivity index is 2.09. The molecule has 1 unspecified atom stereocenters. The van der Waals surface area contributed by atoms with Crippen LogP contribution in [0.4, 0.5) is 0 Å². The molecule has 1 heterocycles. The standard InChI is InChI=1S/C13H15NO2/c1-14-8-7-11(9-12(14)15)13(16)10-5-3-2-4-6-10/h2-6,11H,7-9H2,1H3. The molecule has 1 aliphatic rings. The molecule has 1 fully saturated rings. The molecule has 1 saturated heterocycles. The molecule has 0 aliphatic carbocycles. The molecule has 2 rings (SSSR count). The van der Waals surface area contributed by atoms with Gasteiger partial charge >= 0.3 is 0 Å². The second-order valence-corrected chi connectivity index (χ2v) is 4.24. The number of benzene rings is 1. The number of likely N-dealkylation sites (tertiary alicyclic amines) is 1. The summed E-state index contributed by atoms with van der Waals surface area (Å²) in [5, 5.41) is 0. The average Bonchev–Trinajstić information content (AvgIpc) is 2.33. The van der Waals surface area contributed by atoms with Crippen molar-refractivity contribution in [3.63, 3.8) is 0 Å². The first-order chi connectivity index (χ1) is 7.68. The normalized spacial score (nSPS) is 20.9. The third-order valence-electron chi connectivity index (χ3n) is 3.09. The molecule has 0 aromatic heterocycles. The van der Waals surface area contributed by atoms with Crippen LogP contribution in [0.2, 0.25) is 0 Å². The Kier molecular flexibility index (Phi) is 3.04. The van der Waals surface area contributed by atoms with Gasteiger partial charge in [-0.3, -0.25) is 9.59 Å². The summed E-state index contributed by atoms with van der Waals surface area (Å²) in [6.45, 7) is 0.683. The monoisotopic (exact) mass is 217 g/mol. The van der Waals surface area contributed by atoms with Crippen LogP contribution < -0.4 is 0 Å². The predicted molar refractivity (Wildman–Crippen MR) is 61.1 cm³/mol. The van der Waals surface area contributed by atoms with Gasteiger partial charge in [0.05, 0.1) is 0 Å². The number of ketones is 1. The van der Waals surface area contributed by atoms with Gasteiger partial charge in [0.15, 0.2) is 5.78 Å². The summed E-state index contributed by atoms with van der Waals surface area (Å²) >= 11 is 0. The van der Waals surface area contributed by atoms with Crippen LogP contribution in [0.3, 0.4) is 0 Å². The molecule has 0 bridgehead atoms. The van der Waals surface area contributed by atoms with Crippen LogP contribution in [0.25, 0.3) is 0 Å². The maximum absolute atomic E-state index is 12.1. The average molecular weight is 217 g/mol. The first-order valence-corrected chi connectivity index (χ1v) is 5.51. The Morgan fingerprint density at radius 1 is 1.31 bits per heavy atom. The van der Waals surface area contributed by atoms with Crippen LogP contribution in [0.1, 0.15) is 23.2 Å². The number of carbonyl (C=O) groups excluding carboxylic acids is 2. The van der Waals surface area contributed by atoms with Gasteiger partial charge in [-0.05, 0) is 6.42 Å². The van der Waals surface area contributed by atoms with E-state index in [1.807, 2.05) is 30.3 Å². The van der Waals surface area contributed by atoms with Gasteiger partial charge < -0.3 is 4.90 Å². The Morgan fingerprint density at radius 3 is 2.62 bits per heavy atom. The molecule has 16 heavy (non-hydrogen) atoms. The van der Waals surface area contributed by atoms with Crippen molar-refractivity contribution in [3.8, 4) is 0 Å². The minimum absolute atomic E-state index is 0.0699. The number of piperidine rings is 1. The van der Waals surface area contributed by atoms with E-state index in [2.05, 4.69) is 0 Å². The van der Waals surface area contributed by atoms with E-state index in [9.17, 15) is 9.59 Å². The molecule has 3 heteroatoms. The predicted octanol–water partition coefficient (Wildman–Crippen LogP) is 1.74. The van der Waals surface area contributed by atoms with Gasteiger partial charge in [-0.2, -0.15) is 0 Å². The summed E-state index contributed by atoms with van der Waals surface area (Å²) < 4.78 is 0. The fourth-order valence-electron chi connectivity index (χ4n) is 2.00. The highest BCUT2D eigenvalue weighted by atomic mass is 16.2. The van der Waals surface area contributed by atoms with Crippen molar-refractivity contribution < 1.29 is 9.59 Å². The zero-order chi connectivity index (χ0) is 11.5.